The molecule has 0 bridgehead atoms. The molecule has 0 aliphatic carbocycles. The summed E-state index contributed by atoms with van der Waals surface area (Å²) in [5.41, 5.74) is 6.88. The number of halogens is 1. The van der Waals surface area contributed by atoms with E-state index in [1.165, 1.54) is 3.57 Å². The van der Waals surface area contributed by atoms with Crippen LogP contribution in [0.2, 0.25) is 0 Å². The lowest BCUT2D eigenvalue weighted by Gasteiger charge is -2.08. The second-order valence-electron chi connectivity index (χ2n) is 3.55. The molecule has 0 aromatic heterocycles. The lowest BCUT2D eigenvalue weighted by molar-refractivity contribution is 0.663. The summed E-state index contributed by atoms with van der Waals surface area (Å²) in [5, 5.41) is 0. The standard InChI is InChI=1S/C11H16INOS/c1-2-11(13)8-15(14)7-9-3-5-10(12)6-4-9/h3-6,11H,2,7-8,13H2,1H3. The lowest BCUT2D eigenvalue weighted by Crippen LogP contribution is -2.26. The monoisotopic (exact) mass is 337 g/mol. The van der Waals surface area contributed by atoms with E-state index in [4.69, 9.17) is 5.73 Å². The Morgan fingerprint density at radius 2 is 2.00 bits per heavy atom. The highest BCUT2D eigenvalue weighted by molar-refractivity contribution is 14.1. The van der Waals surface area contributed by atoms with Gasteiger partial charge in [-0.15, -0.1) is 0 Å². The third-order valence-corrected chi connectivity index (χ3v) is 4.34. The molecule has 0 amide bonds. The second-order valence-corrected chi connectivity index (χ2v) is 6.29. The second kappa shape index (κ2) is 6.60. The Balaban J connectivity index is 2.48. The zero-order chi connectivity index (χ0) is 11.3. The summed E-state index contributed by atoms with van der Waals surface area (Å²) in [5.74, 6) is 1.22. The topological polar surface area (TPSA) is 43.1 Å². The van der Waals surface area contributed by atoms with E-state index in [2.05, 4.69) is 22.6 Å². The molecule has 0 radical (unpaired) electrons. The molecule has 84 valence electrons. The Labute approximate surface area is 107 Å². The fourth-order valence-corrected chi connectivity index (χ4v) is 2.94. The summed E-state index contributed by atoms with van der Waals surface area (Å²) >= 11 is 2.26. The molecule has 0 spiro atoms. The maximum Gasteiger partial charge on any atom is 0.0486 e. The van der Waals surface area contributed by atoms with Gasteiger partial charge in [-0.2, -0.15) is 0 Å². The summed E-state index contributed by atoms with van der Waals surface area (Å²) in [6.45, 7) is 2.02. The summed E-state index contributed by atoms with van der Waals surface area (Å²) in [7, 11) is -0.835. The molecule has 0 saturated heterocycles. The summed E-state index contributed by atoms with van der Waals surface area (Å²) < 4.78 is 12.9. The van der Waals surface area contributed by atoms with Crippen LogP contribution >= 0.6 is 22.6 Å². The molecule has 2 nitrogen and oxygen atoms in total. The first kappa shape index (κ1) is 13.1. The summed E-state index contributed by atoms with van der Waals surface area (Å²) in [4.78, 5) is 0. The molecule has 0 aliphatic rings. The van der Waals surface area contributed by atoms with Gasteiger partial charge in [-0.25, -0.2) is 0 Å². The highest BCUT2D eigenvalue weighted by Crippen LogP contribution is 2.09. The molecular formula is C11H16INOS. The van der Waals surface area contributed by atoms with E-state index in [-0.39, 0.29) is 6.04 Å². The molecule has 1 aromatic carbocycles. The Kier molecular flexibility index (Phi) is 5.78. The van der Waals surface area contributed by atoms with Gasteiger partial charge in [0.2, 0.25) is 0 Å². The highest BCUT2D eigenvalue weighted by atomic mass is 127. The Hall–Kier alpha value is 0.0600. The molecular weight excluding hydrogens is 321 g/mol. The van der Waals surface area contributed by atoms with Gasteiger partial charge in [-0.05, 0) is 46.7 Å². The van der Waals surface area contributed by atoms with Crippen molar-refractivity contribution >= 4 is 33.4 Å². The van der Waals surface area contributed by atoms with E-state index in [0.29, 0.717) is 11.5 Å². The third-order valence-electron chi connectivity index (χ3n) is 2.17. The average Bonchev–Trinajstić information content (AvgIpc) is 2.21. The van der Waals surface area contributed by atoms with Crippen LogP contribution in [0, 0.1) is 3.57 Å². The van der Waals surface area contributed by atoms with E-state index in [9.17, 15) is 4.21 Å². The number of hydrogen-bond acceptors (Lipinski definition) is 2. The highest BCUT2D eigenvalue weighted by Gasteiger charge is 2.06. The maximum absolute atomic E-state index is 11.7. The molecule has 2 N–H and O–H groups in total. The van der Waals surface area contributed by atoms with Crippen LogP contribution in [0.4, 0.5) is 0 Å². The zero-order valence-corrected chi connectivity index (χ0v) is 11.8. The first-order chi connectivity index (χ1) is 7.11. The van der Waals surface area contributed by atoms with Crippen molar-refractivity contribution in [1.29, 1.82) is 0 Å². The molecule has 1 aromatic rings. The fourth-order valence-electron chi connectivity index (χ4n) is 1.18. The quantitative estimate of drug-likeness (QED) is 0.838. The molecule has 0 saturated carbocycles. The third kappa shape index (κ3) is 5.08. The molecule has 0 fully saturated rings. The first-order valence-electron chi connectivity index (χ1n) is 4.96. The van der Waals surface area contributed by atoms with Crippen LogP contribution in [-0.2, 0) is 16.6 Å². The Morgan fingerprint density at radius 1 is 1.40 bits per heavy atom. The lowest BCUT2D eigenvalue weighted by atomic mass is 10.2. The smallest absolute Gasteiger partial charge is 0.0486 e. The molecule has 0 heterocycles. The number of rotatable bonds is 5. The minimum Gasteiger partial charge on any atom is -0.327 e. The predicted molar refractivity (Wildman–Crippen MR) is 74.1 cm³/mol. The Bertz CT molecular complexity index is 326. The van der Waals surface area contributed by atoms with Crippen molar-refractivity contribution in [2.24, 2.45) is 5.73 Å². The van der Waals surface area contributed by atoms with Gasteiger partial charge in [0, 0.05) is 31.9 Å². The van der Waals surface area contributed by atoms with Crippen molar-refractivity contribution in [2.45, 2.75) is 25.1 Å². The van der Waals surface area contributed by atoms with Crippen molar-refractivity contribution in [3.05, 3.63) is 33.4 Å². The number of nitrogens with two attached hydrogens (primary N) is 1. The van der Waals surface area contributed by atoms with Gasteiger partial charge in [-0.3, -0.25) is 4.21 Å². The number of hydrogen-bond donors (Lipinski definition) is 1. The van der Waals surface area contributed by atoms with E-state index in [0.717, 1.165) is 12.0 Å². The van der Waals surface area contributed by atoms with E-state index >= 15 is 0 Å². The SMILES string of the molecule is CCC(N)CS(=O)Cc1ccc(I)cc1. The minimum atomic E-state index is -0.835. The molecule has 4 heteroatoms. The average molecular weight is 337 g/mol. The van der Waals surface area contributed by atoms with Crippen LogP contribution in [0.5, 0.6) is 0 Å². The van der Waals surface area contributed by atoms with Crippen molar-refractivity contribution < 1.29 is 4.21 Å². The van der Waals surface area contributed by atoms with Crippen LogP contribution in [-0.4, -0.2) is 16.0 Å². The van der Waals surface area contributed by atoms with Crippen molar-refractivity contribution in [3.8, 4) is 0 Å². The van der Waals surface area contributed by atoms with Crippen LogP contribution in [0.1, 0.15) is 18.9 Å². The summed E-state index contributed by atoms with van der Waals surface area (Å²) in [6, 6.07) is 8.18. The van der Waals surface area contributed by atoms with Crippen LogP contribution in [0.25, 0.3) is 0 Å². The molecule has 2 unspecified atom stereocenters. The van der Waals surface area contributed by atoms with Crippen molar-refractivity contribution in [1.82, 2.24) is 0 Å². The maximum atomic E-state index is 11.7. The molecule has 15 heavy (non-hydrogen) atoms. The number of benzene rings is 1. The molecule has 1 rings (SSSR count). The van der Waals surface area contributed by atoms with Gasteiger partial charge in [0.15, 0.2) is 0 Å². The van der Waals surface area contributed by atoms with Gasteiger partial charge in [0.25, 0.3) is 0 Å². The Morgan fingerprint density at radius 3 is 2.53 bits per heavy atom. The van der Waals surface area contributed by atoms with Crippen LogP contribution in [0.15, 0.2) is 24.3 Å². The van der Waals surface area contributed by atoms with E-state index in [1.807, 2.05) is 31.2 Å². The van der Waals surface area contributed by atoms with Gasteiger partial charge >= 0.3 is 0 Å². The summed E-state index contributed by atoms with van der Waals surface area (Å²) in [6.07, 6.45) is 0.887. The van der Waals surface area contributed by atoms with Gasteiger partial charge in [-0.1, -0.05) is 19.1 Å². The largest absolute Gasteiger partial charge is 0.327 e. The minimum absolute atomic E-state index is 0.0645. The van der Waals surface area contributed by atoms with Gasteiger partial charge < -0.3 is 5.73 Å². The molecule has 2 atom stereocenters. The normalized spacial score (nSPS) is 14.9. The van der Waals surface area contributed by atoms with Crippen molar-refractivity contribution in [2.75, 3.05) is 5.75 Å². The van der Waals surface area contributed by atoms with Gasteiger partial charge in [0.05, 0.1) is 0 Å². The fraction of sp³-hybridized carbons (Fsp3) is 0.455. The van der Waals surface area contributed by atoms with Crippen molar-refractivity contribution in [3.63, 3.8) is 0 Å². The van der Waals surface area contributed by atoms with E-state index < -0.39 is 10.8 Å². The molecule has 0 aliphatic heterocycles. The van der Waals surface area contributed by atoms with Crippen LogP contribution < -0.4 is 5.73 Å². The predicted octanol–water partition coefficient (Wildman–Crippen LogP) is 2.28. The van der Waals surface area contributed by atoms with Gasteiger partial charge in [0.1, 0.15) is 0 Å². The van der Waals surface area contributed by atoms with E-state index in [1.54, 1.807) is 0 Å². The van der Waals surface area contributed by atoms with Crippen LogP contribution in [0.3, 0.4) is 0 Å². The first-order valence-corrected chi connectivity index (χ1v) is 7.53. The zero-order valence-electron chi connectivity index (χ0n) is 8.78.